The van der Waals surface area contributed by atoms with Crippen LogP contribution in [0, 0.1) is 6.92 Å². The first-order valence-corrected chi connectivity index (χ1v) is 11.8. The SMILES string of the molecule is Cc1cc(C2CCNCC2)oc(=O)c1C(=O)N1CCC2(CC1)OCCc1sccc12. The van der Waals surface area contributed by atoms with Gasteiger partial charge < -0.3 is 19.4 Å². The molecule has 6 nitrogen and oxygen atoms in total. The maximum Gasteiger partial charge on any atom is 0.349 e. The summed E-state index contributed by atoms with van der Waals surface area (Å²) in [6.45, 7) is 5.62. The third-order valence-electron chi connectivity index (χ3n) is 6.93. The minimum absolute atomic E-state index is 0.185. The standard InChI is InChI=1S/C23H28N2O4S/c1-15-14-18(16-2-8-24-9-3-16)29-22(27)20(15)21(26)25-10-6-23(7-11-25)17-5-13-30-19(17)4-12-28-23/h5,13-14,16,24H,2-4,6-12H2,1H3. The Labute approximate surface area is 180 Å². The van der Waals surface area contributed by atoms with Gasteiger partial charge in [0.2, 0.25) is 0 Å². The molecule has 5 rings (SSSR count). The van der Waals surface area contributed by atoms with Gasteiger partial charge in [0, 0.05) is 30.3 Å². The molecular formula is C23H28N2O4S. The van der Waals surface area contributed by atoms with Gasteiger partial charge in [0.25, 0.3) is 5.91 Å². The first-order valence-electron chi connectivity index (χ1n) is 10.9. The van der Waals surface area contributed by atoms with Crippen molar-refractivity contribution >= 4 is 17.2 Å². The van der Waals surface area contributed by atoms with E-state index in [0.717, 1.165) is 57.4 Å². The highest BCUT2D eigenvalue weighted by Crippen LogP contribution is 2.43. The molecule has 0 saturated carbocycles. The Bertz CT molecular complexity index is 997. The summed E-state index contributed by atoms with van der Waals surface area (Å²) in [4.78, 5) is 29.2. The Morgan fingerprint density at radius 2 is 2.03 bits per heavy atom. The normalized spacial score (nSPS) is 21.6. The van der Waals surface area contributed by atoms with Gasteiger partial charge in [-0.2, -0.15) is 0 Å². The van der Waals surface area contributed by atoms with Gasteiger partial charge in [0.05, 0.1) is 12.2 Å². The van der Waals surface area contributed by atoms with Crippen LogP contribution in [0.4, 0.5) is 0 Å². The third kappa shape index (κ3) is 3.43. The van der Waals surface area contributed by atoms with E-state index in [2.05, 4.69) is 16.8 Å². The molecule has 7 heteroatoms. The Hall–Kier alpha value is -1.96. The molecule has 30 heavy (non-hydrogen) atoms. The van der Waals surface area contributed by atoms with Crippen molar-refractivity contribution < 1.29 is 13.9 Å². The van der Waals surface area contributed by atoms with Crippen LogP contribution in [0.2, 0.25) is 0 Å². The van der Waals surface area contributed by atoms with E-state index in [0.29, 0.717) is 18.8 Å². The van der Waals surface area contributed by atoms with Crippen LogP contribution in [0.3, 0.4) is 0 Å². The zero-order chi connectivity index (χ0) is 20.7. The van der Waals surface area contributed by atoms with E-state index in [1.54, 1.807) is 16.2 Å². The Balaban J connectivity index is 1.33. The van der Waals surface area contributed by atoms with E-state index in [4.69, 9.17) is 9.15 Å². The Morgan fingerprint density at radius 1 is 1.27 bits per heavy atom. The average molecular weight is 429 g/mol. The lowest BCUT2D eigenvalue weighted by Gasteiger charge is -2.44. The summed E-state index contributed by atoms with van der Waals surface area (Å²) in [7, 11) is 0. The molecule has 2 fully saturated rings. The fourth-order valence-electron chi connectivity index (χ4n) is 5.20. The molecule has 0 bridgehead atoms. The van der Waals surface area contributed by atoms with Crippen LogP contribution in [-0.4, -0.2) is 43.6 Å². The van der Waals surface area contributed by atoms with Crippen LogP contribution in [0.5, 0.6) is 0 Å². The molecule has 3 aliphatic heterocycles. The quantitative estimate of drug-likeness (QED) is 0.796. The number of likely N-dealkylation sites (tertiary alicyclic amines) is 1. The van der Waals surface area contributed by atoms with Crippen molar-refractivity contribution in [2.75, 3.05) is 32.8 Å². The number of ether oxygens (including phenoxy) is 1. The summed E-state index contributed by atoms with van der Waals surface area (Å²) in [5.74, 6) is 0.753. The Kier molecular flexibility index (Phi) is 5.29. The maximum absolute atomic E-state index is 13.2. The molecule has 5 heterocycles. The van der Waals surface area contributed by atoms with Crippen molar-refractivity contribution in [3.63, 3.8) is 0 Å². The van der Waals surface area contributed by atoms with Gasteiger partial charge in [0.15, 0.2) is 0 Å². The van der Waals surface area contributed by atoms with E-state index >= 15 is 0 Å². The fourth-order valence-corrected chi connectivity index (χ4v) is 6.15. The lowest BCUT2D eigenvalue weighted by atomic mass is 9.82. The second-order valence-corrected chi connectivity index (χ2v) is 9.66. The van der Waals surface area contributed by atoms with Crippen LogP contribution >= 0.6 is 11.3 Å². The molecule has 0 aromatic carbocycles. The predicted octanol–water partition coefficient (Wildman–Crippen LogP) is 3.18. The monoisotopic (exact) mass is 428 g/mol. The number of piperidine rings is 2. The smallest absolute Gasteiger partial charge is 0.349 e. The lowest BCUT2D eigenvalue weighted by Crippen LogP contribution is -2.48. The summed E-state index contributed by atoms with van der Waals surface area (Å²) >= 11 is 1.80. The van der Waals surface area contributed by atoms with Crippen molar-refractivity contribution in [2.24, 2.45) is 0 Å². The van der Waals surface area contributed by atoms with Gasteiger partial charge >= 0.3 is 5.63 Å². The second-order valence-electron chi connectivity index (χ2n) is 8.66. The van der Waals surface area contributed by atoms with Gasteiger partial charge in [-0.05, 0) is 74.3 Å². The largest absolute Gasteiger partial charge is 0.427 e. The summed E-state index contributed by atoms with van der Waals surface area (Å²) < 4.78 is 11.9. The van der Waals surface area contributed by atoms with Crippen molar-refractivity contribution in [1.82, 2.24) is 10.2 Å². The number of aryl methyl sites for hydroxylation is 1. The van der Waals surface area contributed by atoms with Crippen molar-refractivity contribution in [1.29, 1.82) is 0 Å². The van der Waals surface area contributed by atoms with Crippen LogP contribution in [-0.2, 0) is 16.8 Å². The minimum Gasteiger partial charge on any atom is -0.427 e. The summed E-state index contributed by atoms with van der Waals surface area (Å²) in [6.07, 6.45) is 4.41. The molecule has 2 aromatic heterocycles. The van der Waals surface area contributed by atoms with Crippen LogP contribution < -0.4 is 10.9 Å². The first-order chi connectivity index (χ1) is 14.6. The number of hydrogen-bond acceptors (Lipinski definition) is 6. The molecule has 0 radical (unpaired) electrons. The number of rotatable bonds is 2. The molecule has 160 valence electrons. The van der Waals surface area contributed by atoms with Crippen LogP contribution in [0.1, 0.15) is 63.7 Å². The number of nitrogens with zero attached hydrogens (tertiary/aromatic N) is 1. The van der Waals surface area contributed by atoms with Gasteiger partial charge in [-0.15, -0.1) is 11.3 Å². The van der Waals surface area contributed by atoms with Gasteiger partial charge in [-0.1, -0.05) is 0 Å². The van der Waals surface area contributed by atoms with E-state index in [-0.39, 0.29) is 23.0 Å². The van der Waals surface area contributed by atoms with E-state index in [1.807, 2.05) is 13.0 Å². The number of carbonyl (C=O) groups excluding carboxylic acids is 1. The van der Waals surface area contributed by atoms with E-state index in [1.165, 1.54) is 10.4 Å². The molecule has 2 aromatic rings. The highest BCUT2D eigenvalue weighted by atomic mass is 32.1. The molecule has 0 aliphatic carbocycles. The summed E-state index contributed by atoms with van der Waals surface area (Å²) in [6, 6.07) is 4.08. The predicted molar refractivity (Wildman–Crippen MR) is 115 cm³/mol. The third-order valence-corrected chi connectivity index (χ3v) is 7.91. The first kappa shape index (κ1) is 20.0. The Morgan fingerprint density at radius 3 is 2.77 bits per heavy atom. The van der Waals surface area contributed by atoms with Crippen molar-refractivity contribution in [3.8, 4) is 0 Å². The van der Waals surface area contributed by atoms with Crippen molar-refractivity contribution in [3.05, 3.63) is 55.3 Å². The maximum atomic E-state index is 13.2. The van der Waals surface area contributed by atoms with Gasteiger partial charge in [-0.3, -0.25) is 4.79 Å². The number of nitrogens with one attached hydrogen (secondary N) is 1. The molecule has 3 aliphatic rings. The molecule has 1 spiro atoms. The number of amides is 1. The number of hydrogen-bond donors (Lipinski definition) is 1. The van der Waals surface area contributed by atoms with Gasteiger partial charge in [0.1, 0.15) is 11.3 Å². The van der Waals surface area contributed by atoms with Crippen LogP contribution in [0.15, 0.2) is 26.7 Å². The van der Waals surface area contributed by atoms with Crippen molar-refractivity contribution in [2.45, 2.75) is 50.5 Å². The van der Waals surface area contributed by atoms with E-state index < -0.39 is 5.63 Å². The molecular weight excluding hydrogens is 400 g/mol. The minimum atomic E-state index is -0.497. The molecule has 1 N–H and O–H groups in total. The molecule has 1 amide bonds. The van der Waals surface area contributed by atoms with E-state index in [9.17, 15) is 9.59 Å². The second kappa shape index (κ2) is 7.94. The lowest BCUT2D eigenvalue weighted by molar-refractivity contribution is -0.0926. The number of fused-ring (bicyclic) bond motifs is 2. The fraction of sp³-hybridized carbons (Fsp3) is 0.565. The van der Waals surface area contributed by atoms with Gasteiger partial charge in [-0.25, -0.2) is 4.79 Å². The summed E-state index contributed by atoms with van der Waals surface area (Å²) in [5.41, 5.74) is 1.43. The highest BCUT2D eigenvalue weighted by Gasteiger charge is 2.42. The highest BCUT2D eigenvalue weighted by molar-refractivity contribution is 7.10. The van der Waals surface area contributed by atoms with Crippen LogP contribution in [0.25, 0.3) is 0 Å². The zero-order valence-corrected chi connectivity index (χ0v) is 18.2. The molecule has 0 unspecified atom stereocenters. The topological polar surface area (TPSA) is 71.8 Å². The number of thiophene rings is 1. The summed E-state index contributed by atoms with van der Waals surface area (Å²) in [5, 5.41) is 5.46. The zero-order valence-electron chi connectivity index (χ0n) is 17.4. The molecule has 2 saturated heterocycles. The number of carbonyl (C=O) groups is 1. The molecule has 0 atom stereocenters. The average Bonchev–Trinajstić information content (AvgIpc) is 3.25.